The average molecular weight is 407 g/mol. The Labute approximate surface area is 164 Å². The molecule has 9 heteroatoms. The maximum Gasteiger partial charge on any atom is 0.245 e. The van der Waals surface area contributed by atoms with Crippen molar-refractivity contribution in [1.82, 2.24) is 19.5 Å². The van der Waals surface area contributed by atoms with Gasteiger partial charge in [0.25, 0.3) is 0 Å². The number of carbonyl (C=O) groups is 1. The molecular formula is C19H26N4O4S. The number of hydrogen-bond donors (Lipinski definition) is 0. The molecule has 0 saturated carbocycles. The lowest BCUT2D eigenvalue weighted by Crippen LogP contribution is -2.50. The Morgan fingerprint density at radius 1 is 1.14 bits per heavy atom. The van der Waals surface area contributed by atoms with Gasteiger partial charge < -0.3 is 4.90 Å². The first-order valence-electron chi connectivity index (χ1n) is 9.86. The van der Waals surface area contributed by atoms with Crippen LogP contribution in [0.1, 0.15) is 33.1 Å². The summed E-state index contributed by atoms with van der Waals surface area (Å²) in [4.78, 5) is 15.1. The molecule has 28 heavy (non-hydrogen) atoms. The van der Waals surface area contributed by atoms with Gasteiger partial charge in [-0.1, -0.05) is 19.9 Å². The van der Waals surface area contributed by atoms with Crippen molar-refractivity contribution in [1.29, 1.82) is 0 Å². The number of amides is 1. The Kier molecular flexibility index (Phi) is 5.13. The molecule has 8 nitrogen and oxygen atoms in total. The third-order valence-electron chi connectivity index (χ3n) is 5.78. The van der Waals surface area contributed by atoms with Crippen LogP contribution in [0.15, 0.2) is 27.7 Å². The summed E-state index contributed by atoms with van der Waals surface area (Å²) in [5.41, 5.74) is 0.636. The van der Waals surface area contributed by atoms with Crippen molar-refractivity contribution in [2.75, 3.05) is 26.2 Å². The summed E-state index contributed by atoms with van der Waals surface area (Å²) in [5.74, 6) is 0.747. The molecule has 4 rings (SSSR count). The Balaban J connectivity index is 1.55. The summed E-state index contributed by atoms with van der Waals surface area (Å²) < 4.78 is 32.6. The zero-order chi connectivity index (χ0) is 19.9. The highest BCUT2D eigenvalue weighted by atomic mass is 32.2. The highest BCUT2D eigenvalue weighted by molar-refractivity contribution is 7.89. The van der Waals surface area contributed by atoms with E-state index in [-0.39, 0.29) is 28.8 Å². The number of carbonyl (C=O) groups excluding carboxylic acids is 1. The van der Waals surface area contributed by atoms with Gasteiger partial charge in [-0.2, -0.15) is 4.31 Å². The van der Waals surface area contributed by atoms with E-state index in [9.17, 15) is 13.2 Å². The molecule has 2 fully saturated rings. The van der Waals surface area contributed by atoms with Crippen LogP contribution in [0, 0.1) is 17.8 Å². The zero-order valence-corrected chi connectivity index (χ0v) is 17.1. The number of fused-ring (bicyclic) bond motifs is 1. The number of nitrogens with zero attached hydrogens (tertiary/aromatic N) is 4. The predicted molar refractivity (Wildman–Crippen MR) is 103 cm³/mol. The molecule has 0 unspecified atom stereocenters. The zero-order valence-electron chi connectivity index (χ0n) is 16.2. The minimum Gasteiger partial charge on any atom is -0.342 e. The predicted octanol–water partition coefficient (Wildman–Crippen LogP) is 2.13. The van der Waals surface area contributed by atoms with Crippen LogP contribution in [0.2, 0.25) is 0 Å². The quantitative estimate of drug-likeness (QED) is 0.775. The second kappa shape index (κ2) is 7.44. The first-order chi connectivity index (χ1) is 13.4. The number of likely N-dealkylation sites (tertiary alicyclic amines) is 1. The SMILES string of the molecule is C[C@@H]1C[C@H](C)CN(C(=O)[C@H]2CCCN(S(=O)(=O)c3cccc4nonc34)C2)C1. The molecule has 2 aliphatic heterocycles. The van der Waals surface area contributed by atoms with Crippen LogP contribution in [-0.2, 0) is 14.8 Å². The van der Waals surface area contributed by atoms with Crippen LogP contribution < -0.4 is 0 Å². The molecule has 0 spiro atoms. The van der Waals surface area contributed by atoms with Crippen LogP contribution in [0.3, 0.4) is 0 Å². The van der Waals surface area contributed by atoms with E-state index in [1.165, 1.54) is 10.4 Å². The van der Waals surface area contributed by atoms with E-state index >= 15 is 0 Å². The van der Waals surface area contributed by atoms with Crippen molar-refractivity contribution in [2.45, 2.75) is 38.0 Å². The largest absolute Gasteiger partial charge is 0.342 e. The summed E-state index contributed by atoms with van der Waals surface area (Å²) in [7, 11) is -3.78. The molecule has 152 valence electrons. The lowest BCUT2D eigenvalue weighted by Gasteiger charge is -2.39. The normalized spacial score (nSPS) is 27.2. The van der Waals surface area contributed by atoms with Gasteiger partial charge in [0, 0.05) is 26.2 Å². The van der Waals surface area contributed by atoms with Gasteiger partial charge in [-0.25, -0.2) is 13.0 Å². The average Bonchev–Trinajstić information content (AvgIpc) is 3.15. The maximum atomic E-state index is 13.2. The smallest absolute Gasteiger partial charge is 0.245 e. The van der Waals surface area contributed by atoms with Crippen LogP contribution >= 0.6 is 0 Å². The molecule has 0 N–H and O–H groups in total. The van der Waals surface area contributed by atoms with Crippen LogP contribution in [0.4, 0.5) is 0 Å². The number of hydrogen-bond acceptors (Lipinski definition) is 6. The standard InChI is InChI=1S/C19H26N4O4S/c1-13-9-14(2)11-22(10-13)19(24)15-5-4-8-23(12-15)28(25,26)17-7-3-6-16-18(17)21-27-20-16/h3,6-7,13-15H,4-5,8-12H2,1-2H3/t13-,14+,15-/m0/s1. The lowest BCUT2D eigenvalue weighted by atomic mass is 9.90. The molecule has 1 amide bonds. The van der Waals surface area contributed by atoms with Crippen molar-refractivity contribution in [2.24, 2.45) is 17.8 Å². The van der Waals surface area contributed by atoms with Crippen LogP contribution in [0.5, 0.6) is 0 Å². The molecular weight excluding hydrogens is 380 g/mol. The Morgan fingerprint density at radius 3 is 2.64 bits per heavy atom. The summed E-state index contributed by atoms with van der Waals surface area (Å²) in [6.07, 6.45) is 2.52. The molecule has 3 heterocycles. The van der Waals surface area contributed by atoms with E-state index in [2.05, 4.69) is 24.2 Å². The molecule has 0 radical (unpaired) electrons. The molecule has 2 saturated heterocycles. The van der Waals surface area contributed by atoms with Crippen molar-refractivity contribution in [3.8, 4) is 0 Å². The van der Waals surface area contributed by atoms with Gasteiger partial charge in [0.2, 0.25) is 15.9 Å². The lowest BCUT2D eigenvalue weighted by molar-refractivity contribution is -0.139. The minimum absolute atomic E-state index is 0.0829. The van der Waals surface area contributed by atoms with E-state index in [4.69, 9.17) is 4.63 Å². The van der Waals surface area contributed by atoms with Gasteiger partial charge >= 0.3 is 0 Å². The third kappa shape index (κ3) is 3.53. The van der Waals surface area contributed by atoms with Crippen molar-refractivity contribution in [3.63, 3.8) is 0 Å². The summed E-state index contributed by atoms with van der Waals surface area (Å²) in [6, 6.07) is 4.80. The molecule has 2 aliphatic rings. The van der Waals surface area contributed by atoms with Crippen molar-refractivity contribution < 1.29 is 17.8 Å². The highest BCUT2D eigenvalue weighted by Gasteiger charge is 2.37. The van der Waals surface area contributed by atoms with Gasteiger partial charge in [-0.3, -0.25) is 4.79 Å². The Bertz CT molecular complexity index is 963. The van der Waals surface area contributed by atoms with E-state index in [1.807, 2.05) is 4.90 Å². The van der Waals surface area contributed by atoms with Crippen LogP contribution in [-0.4, -0.2) is 60.0 Å². The molecule has 1 aromatic carbocycles. The van der Waals surface area contributed by atoms with E-state index < -0.39 is 10.0 Å². The first kappa shape index (κ1) is 19.3. The van der Waals surface area contributed by atoms with Crippen molar-refractivity contribution in [3.05, 3.63) is 18.2 Å². The van der Waals surface area contributed by atoms with Gasteiger partial charge in [0.05, 0.1) is 5.92 Å². The summed E-state index contributed by atoms with van der Waals surface area (Å²) >= 11 is 0. The molecule has 0 aliphatic carbocycles. The minimum atomic E-state index is -3.78. The second-order valence-corrected chi connectivity index (χ2v) is 10.2. The molecule has 1 aromatic heterocycles. The number of rotatable bonds is 3. The molecule has 3 atom stereocenters. The topological polar surface area (TPSA) is 96.6 Å². The Hall–Kier alpha value is -2.00. The van der Waals surface area contributed by atoms with E-state index in [1.54, 1.807) is 12.1 Å². The van der Waals surface area contributed by atoms with Gasteiger partial charge in [0.1, 0.15) is 10.4 Å². The van der Waals surface area contributed by atoms with Crippen LogP contribution in [0.25, 0.3) is 11.0 Å². The second-order valence-electron chi connectivity index (χ2n) is 8.28. The first-order valence-corrected chi connectivity index (χ1v) is 11.3. The van der Waals surface area contributed by atoms with Gasteiger partial charge in [-0.05, 0) is 53.5 Å². The fourth-order valence-corrected chi connectivity index (χ4v) is 6.25. The fraction of sp³-hybridized carbons (Fsp3) is 0.632. The van der Waals surface area contributed by atoms with Crippen molar-refractivity contribution >= 4 is 27.0 Å². The monoisotopic (exact) mass is 406 g/mol. The maximum absolute atomic E-state index is 13.2. The van der Waals surface area contributed by atoms with Gasteiger partial charge in [0.15, 0.2) is 5.52 Å². The van der Waals surface area contributed by atoms with E-state index in [0.717, 1.165) is 25.9 Å². The number of benzene rings is 1. The number of piperidine rings is 2. The summed E-state index contributed by atoms with van der Waals surface area (Å²) in [5, 5.41) is 7.48. The van der Waals surface area contributed by atoms with E-state index in [0.29, 0.717) is 30.3 Å². The molecule has 2 aromatic rings. The number of aromatic nitrogens is 2. The number of sulfonamides is 1. The summed E-state index contributed by atoms with van der Waals surface area (Å²) in [6.45, 7) is 6.47. The van der Waals surface area contributed by atoms with Gasteiger partial charge in [-0.15, -0.1) is 0 Å². The Morgan fingerprint density at radius 2 is 1.89 bits per heavy atom. The highest BCUT2D eigenvalue weighted by Crippen LogP contribution is 2.29. The molecule has 0 bridgehead atoms. The fourth-order valence-electron chi connectivity index (χ4n) is 4.59. The third-order valence-corrected chi connectivity index (χ3v) is 7.68.